The van der Waals surface area contributed by atoms with Gasteiger partial charge in [0, 0.05) is 25.0 Å². The highest BCUT2D eigenvalue weighted by Gasteiger charge is 2.43. The molecule has 0 aromatic heterocycles. The van der Waals surface area contributed by atoms with E-state index in [9.17, 15) is 5.11 Å². The zero-order valence-electron chi connectivity index (χ0n) is 9.56. The summed E-state index contributed by atoms with van der Waals surface area (Å²) in [5.41, 5.74) is 0.769. The van der Waals surface area contributed by atoms with Gasteiger partial charge in [-0.1, -0.05) is 12.1 Å². The Labute approximate surface area is 98.3 Å². The van der Waals surface area contributed by atoms with Gasteiger partial charge in [-0.25, -0.2) is 0 Å². The monoisotopic (exact) mass is 232 g/mol. The first-order valence-electron chi connectivity index (χ1n) is 5.26. The molecule has 4 heteroatoms. The number of benzene rings is 2. The largest absolute Gasteiger partial charge is 0.507 e. The van der Waals surface area contributed by atoms with Gasteiger partial charge in [0.1, 0.15) is 11.5 Å². The summed E-state index contributed by atoms with van der Waals surface area (Å²) in [7, 11) is 3.04. The van der Waals surface area contributed by atoms with Crippen molar-refractivity contribution in [2.45, 2.75) is 5.97 Å². The minimum Gasteiger partial charge on any atom is -0.507 e. The van der Waals surface area contributed by atoms with Crippen molar-refractivity contribution in [1.82, 2.24) is 0 Å². The molecule has 0 atom stereocenters. The quantitative estimate of drug-likeness (QED) is 0.807. The molecule has 1 N–H and O–H groups in total. The van der Waals surface area contributed by atoms with Gasteiger partial charge in [-0.15, -0.1) is 0 Å². The van der Waals surface area contributed by atoms with Crippen molar-refractivity contribution in [2.75, 3.05) is 14.2 Å². The van der Waals surface area contributed by atoms with Crippen LogP contribution >= 0.6 is 0 Å². The molecule has 88 valence electrons. The summed E-state index contributed by atoms with van der Waals surface area (Å²) >= 11 is 0. The van der Waals surface area contributed by atoms with Gasteiger partial charge in [-0.3, -0.25) is 0 Å². The van der Waals surface area contributed by atoms with Crippen LogP contribution in [0.5, 0.6) is 11.5 Å². The van der Waals surface area contributed by atoms with Crippen LogP contribution in [-0.2, 0) is 15.4 Å². The van der Waals surface area contributed by atoms with E-state index in [1.54, 1.807) is 12.1 Å². The second kappa shape index (κ2) is 3.35. The second-order valence-corrected chi connectivity index (χ2v) is 3.88. The number of methoxy groups -OCH3 is 2. The van der Waals surface area contributed by atoms with Crippen molar-refractivity contribution in [3.8, 4) is 11.5 Å². The first-order chi connectivity index (χ1) is 8.22. The molecule has 0 saturated carbocycles. The van der Waals surface area contributed by atoms with E-state index in [1.165, 1.54) is 14.2 Å². The number of hydrogen-bond acceptors (Lipinski definition) is 4. The average molecular weight is 232 g/mol. The Kier molecular flexibility index (Phi) is 2.05. The number of ether oxygens (including phenoxy) is 3. The fraction of sp³-hybridized carbons (Fsp3) is 0.231. The predicted octanol–water partition coefficient (Wildman–Crippen LogP) is 2.34. The molecule has 0 aliphatic carbocycles. The molecule has 0 unspecified atom stereocenters. The highest BCUT2D eigenvalue weighted by Crippen LogP contribution is 2.47. The van der Waals surface area contributed by atoms with Crippen LogP contribution in [-0.4, -0.2) is 19.3 Å². The minimum atomic E-state index is -1.21. The van der Waals surface area contributed by atoms with Gasteiger partial charge in [0.2, 0.25) is 0 Å². The molecule has 0 radical (unpaired) electrons. The van der Waals surface area contributed by atoms with Gasteiger partial charge in [0.15, 0.2) is 0 Å². The van der Waals surface area contributed by atoms with Crippen molar-refractivity contribution in [1.29, 1.82) is 0 Å². The zero-order valence-corrected chi connectivity index (χ0v) is 9.56. The topological polar surface area (TPSA) is 47.9 Å². The standard InChI is InChI=1S/C13H12O4/c1-15-13(16-2)9-5-3-4-8-10(14)6-7-11(17-13)12(8)9/h3-7,14H,1-2H3. The van der Waals surface area contributed by atoms with E-state index < -0.39 is 5.97 Å². The van der Waals surface area contributed by atoms with Gasteiger partial charge in [-0.2, -0.15) is 0 Å². The van der Waals surface area contributed by atoms with Gasteiger partial charge in [-0.05, 0) is 18.2 Å². The summed E-state index contributed by atoms with van der Waals surface area (Å²) < 4.78 is 16.4. The van der Waals surface area contributed by atoms with Gasteiger partial charge < -0.3 is 19.3 Å². The van der Waals surface area contributed by atoms with E-state index in [0.717, 1.165) is 16.3 Å². The highest BCUT2D eigenvalue weighted by atomic mass is 16.9. The Morgan fingerprint density at radius 3 is 2.59 bits per heavy atom. The SMILES string of the molecule is COC1(OC)Oc2ccc(O)c3cccc1c23. The molecule has 1 heterocycles. The summed E-state index contributed by atoms with van der Waals surface area (Å²) in [5.74, 6) is -0.343. The highest BCUT2D eigenvalue weighted by molar-refractivity contribution is 5.97. The maximum absolute atomic E-state index is 9.83. The maximum Gasteiger partial charge on any atom is 0.356 e. The van der Waals surface area contributed by atoms with Gasteiger partial charge in [0.05, 0.1) is 5.56 Å². The lowest BCUT2D eigenvalue weighted by Gasteiger charge is -2.25. The van der Waals surface area contributed by atoms with Crippen molar-refractivity contribution < 1.29 is 19.3 Å². The summed E-state index contributed by atoms with van der Waals surface area (Å²) in [6.07, 6.45) is 0. The molecular weight excluding hydrogens is 220 g/mol. The van der Waals surface area contributed by atoms with Crippen LogP contribution in [0.1, 0.15) is 5.56 Å². The molecule has 0 bridgehead atoms. The fourth-order valence-electron chi connectivity index (χ4n) is 2.29. The number of rotatable bonds is 2. The molecule has 3 rings (SSSR count). The summed E-state index contributed by atoms with van der Waals surface area (Å²) in [6.45, 7) is 0. The van der Waals surface area contributed by atoms with Crippen LogP contribution in [0.25, 0.3) is 10.8 Å². The lowest BCUT2D eigenvalue weighted by atomic mass is 10.0. The molecule has 2 aromatic carbocycles. The third kappa shape index (κ3) is 1.19. The van der Waals surface area contributed by atoms with Crippen molar-refractivity contribution >= 4 is 10.8 Å². The molecule has 0 spiro atoms. The molecule has 0 amide bonds. The van der Waals surface area contributed by atoms with Crippen molar-refractivity contribution in [2.24, 2.45) is 0 Å². The molecule has 0 fully saturated rings. The fourth-order valence-corrected chi connectivity index (χ4v) is 2.29. The number of aromatic hydroxyl groups is 1. The average Bonchev–Trinajstić information content (AvgIpc) is 2.70. The summed E-state index contributed by atoms with van der Waals surface area (Å²) in [5, 5.41) is 11.4. The van der Waals surface area contributed by atoms with Crippen LogP contribution in [0.15, 0.2) is 30.3 Å². The summed E-state index contributed by atoms with van der Waals surface area (Å²) in [4.78, 5) is 0. The van der Waals surface area contributed by atoms with Gasteiger partial charge >= 0.3 is 5.97 Å². The Morgan fingerprint density at radius 1 is 1.12 bits per heavy atom. The number of phenolic OH excluding ortho intramolecular Hbond substituents is 1. The van der Waals surface area contributed by atoms with E-state index in [2.05, 4.69) is 0 Å². The van der Waals surface area contributed by atoms with Crippen LogP contribution in [0.3, 0.4) is 0 Å². The third-order valence-electron chi connectivity index (χ3n) is 3.09. The van der Waals surface area contributed by atoms with Crippen molar-refractivity contribution in [3.63, 3.8) is 0 Å². The maximum atomic E-state index is 9.83. The molecule has 2 aromatic rings. The Hall–Kier alpha value is -1.78. The zero-order chi connectivity index (χ0) is 12.0. The molecule has 0 saturated heterocycles. The molecule has 4 nitrogen and oxygen atoms in total. The Morgan fingerprint density at radius 2 is 1.88 bits per heavy atom. The Bertz CT molecular complexity index is 587. The molecule has 17 heavy (non-hydrogen) atoms. The molecular formula is C13H12O4. The molecule has 1 aliphatic rings. The number of hydrogen-bond donors (Lipinski definition) is 1. The second-order valence-electron chi connectivity index (χ2n) is 3.88. The van der Waals surface area contributed by atoms with E-state index in [4.69, 9.17) is 14.2 Å². The third-order valence-corrected chi connectivity index (χ3v) is 3.09. The van der Waals surface area contributed by atoms with Crippen LogP contribution < -0.4 is 4.74 Å². The summed E-state index contributed by atoms with van der Waals surface area (Å²) in [6, 6.07) is 8.85. The van der Waals surface area contributed by atoms with E-state index in [-0.39, 0.29) is 5.75 Å². The van der Waals surface area contributed by atoms with Gasteiger partial charge in [0.25, 0.3) is 0 Å². The lowest BCUT2D eigenvalue weighted by Crippen LogP contribution is -2.34. The smallest absolute Gasteiger partial charge is 0.356 e. The first kappa shape index (κ1) is 10.4. The Balaban J connectivity index is 2.39. The normalized spacial score (nSPS) is 16.1. The van der Waals surface area contributed by atoms with Crippen LogP contribution in [0.2, 0.25) is 0 Å². The van der Waals surface area contributed by atoms with Crippen LogP contribution in [0, 0.1) is 0 Å². The van der Waals surface area contributed by atoms with E-state index in [1.807, 2.05) is 18.2 Å². The lowest BCUT2D eigenvalue weighted by molar-refractivity contribution is -0.327. The van der Waals surface area contributed by atoms with Crippen LogP contribution in [0.4, 0.5) is 0 Å². The van der Waals surface area contributed by atoms with E-state index >= 15 is 0 Å². The minimum absolute atomic E-state index is 0.220. The van der Waals surface area contributed by atoms with E-state index in [0.29, 0.717) is 5.75 Å². The van der Waals surface area contributed by atoms with Crippen molar-refractivity contribution in [3.05, 3.63) is 35.9 Å². The predicted molar refractivity (Wildman–Crippen MR) is 61.9 cm³/mol. The first-order valence-corrected chi connectivity index (χ1v) is 5.26. The molecule has 1 aliphatic heterocycles. The number of phenols is 1.